The van der Waals surface area contributed by atoms with Gasteiger partial charge in [0.2, 0.25) is 0 Å². The van der Waals surface area contributed by atoms with E-state index in [4.69, 9.17) is 9.47 Å². The van der Waals surface area contributed by atoms with Crippen LogP contribution in [0.5, 0.6) is 11.5 Å². The molecule has 0 unspecified atom stereocenters. The van der Waals surface area contributed by atoms with Gasteiger partial charge in [-0.15, -0.1) is 11.8 Å². The van der Waals surface area contributed by atoms with Crippen molar-refractivity contribution in [2.75, 3.05) is 27.3 Å². The molecule has 1 N–H and O–H groups in total. The summed E-state index contributed by atoms with van der Waals surface area (Å²) in [4.78, 5) is 1.21. The minimum atomic E-state index is 0.693. The molecule has 2 rings (SSSR count). The molecule has 4 heteroatoms. The molecule has 1 fully saturated rings. The predicted octanol–water partition coefficient (Wildman–Crippen LogP) is 2.55. The molecular weight excluding hydrogens is 234 g/mol. The van der Waals surface area contributed by atoms with Crippen molar-refractivity contribution in [2.45, 2.75) is 23.0 Å². The zero-order valence-corrected chi connectivity index (χ0v) is 11.2. The van der Waals surface area contributed by atoms with Crippen molar-refractivity contribution in [2.24, 2.45) is 0 Å². The van der Waals surface area contributed by atoms with Gasteiger partial charge < -0.3 is 14.8 Å². The Bertz CT molecular complexity index is 364. The first-order valence-corrected chi connectivity index (χ1v) is 6.81. The molecule has 0 aliphatic carbocycles. The number of methoxy groups -OCH3 is 2. The van der Waals surface area contributed by atoms with Crippen molar-refractivity contribution >= 4 is 11.8 Å². The molecule has 0 radical (unpaired) electrons. The number of ether oxygens (including phenoxy) is 2. The molecule has 17 heavy (non-hydrogen) atoms. The predicted molar refractivity (Wildman–Crippen MR) is 71.3 cm³/mol. The average molecular weight is 253 g/mol. The fraction of sp³-hybridized carbons (Fsp3) is 0.538. The van der Waals surface area contributed by atoms with Crippen LogP contribution in [0.2, 0.25) is 0 Å². The van der Waals surface area contributed by atoms with Crippen molar-refractivity contribution in [1.29, 1.82) is 0 Å². The lowest BCUT2D eigenvalue weighted by Crippen LogP contribution is -2.29. The fourth-order valence-electron chi connectivity index (χ4n) is 1.97. The maximum atomic E-state index is 5.41. The molecule has 0 aromatic heterocycles. The number of thioether (sulfide) groups is 1. The Kier molecular flexibility index (Phi) is 4.57. The molecule has 94 valence electrons. The molecule has 1 aliphatic heterocycles. The minimum absolute atomic E-state index is 0.693. The van der Waals surface area contributed by atoms with Crippen LogP contribution in [0.3, 0.4) is 0 Å². The van der Waals surface area contributed by atoms with Crippen LogP contribution in [0.25, 0.3) is 0 Å². The summed E-state index contributed by atoms with van der Waals surface area (Å²) in [6, 6.07) is 6.03. The highest BCUT2D eigenvalue weighted by atomic mass is 32.2. The molecule has 1 aromatic carbocycles. The van der Waals surface area contributed by atoms with Gasteiger partial charge in [-0.25, -0.2) is 0 Å². The van der Waals surface area contributed by atoms with Crippen LogP contribution < -0.4 is 14.8 Å². The van der Waals surface area contributed by atoms with Gasteiger partial charge in [0.25, 0.3) is 0 Å². The zero-order chi connectivity index (χ0) is 12.1. The molecule has 0 saturated carbocycles. The fourth-order valence-corrected chi connectivity index (χ4v) is 3.20. The highest BCUT2D eigenvalue weighted by Crippen LogP contribution is 2.37. The maximum Gasteiger partial charge on any atom is 0.136 e. The Balaban J connectivity index is 2.08. The molecule has 1 saturated heterocycles. The second-order valence-electron chi connectivity index (χ2n) is 4.08. The number of rotatable bonds is 4. The Labute approximate surface area is 107 Å². The summed E-state index contributed by atoms with van der Waals surface area (Å²) in [5.74, 6) is 1.75. The molecule has 0 spiro atoms. The third-order valence-electron chi connectivity index (χ3n) is 2.95. The molecule has 1 aliphatic rings. The second kappa shape index (κ2) is 6.17. The zero-order valence-electron chi connectivity index (χ0n) is 10.4. The molecule has 0 bridgehead atoms. The number of hydrogen-bond acceptors (Lipinski definition) is 4. The van der Waals surface area contributed by atoms with Gasteiger partial charge in [-0.3, -0.25) is 0 Å². The van der Waals surface area contributed by atoms with Gasteiger partial charge in [-0.2, -0.15) is 0 Å². The maximum absolute atomic E-state index is 5.41. The van der Waals surface area contributed by atoms with Crippen molar-refractivity contribution in [1.82, 2.24) is 5.32 Å². The number of benzene rings is 1. The van der Waals surface area contributed by atoms with E-state index in [9.17, 15) is 0 Å². The summed E-state index contributed by atoms with van der Waals surface area (Å²) in [5, 5.41) is 4.08. The lowest BCUT2D eigenvalue weighted by molar-refractivity contribution is 0.387. The SMILES string of the molecule is COc1ccc(SC2CCNCC2)c(OC)c1. The second-order valence-corrected chi connectivity index (χ2v) is 5.43. The van der Waals surface area contributed by atoms with Crippen LogP contribution in [0.1, 0.15) is 12.8 Å². The summed E-state index contributed by atoms with van der Waals surface area (Å²) < 4.78 is 10.6. The molecule has 0 amide bonds. The third kappa shape index (κ3) is 3.30. The first kappa shape index (κ1) is 12.6. The van der Waals surface area contributed by atoms with Gasteiger partial charge in [0, 0.05) is 16.2 Å². The molecular formula is C13H19NO2S. The molecule has 1 aromatic rings. The van der Waals surface area contributed by atoms with Crippen molar-refractivity contribution in [3.05, 3.63) is 18.2 Å². The van der Waals surface area contributed by atoms with Crippen LogP contribution in [-0.4, -0.2) is 32.6 Å². The van der Waals surface area contributed by atoms with Gasteiger partial charge in [-0.1, -0.05) is 0 Å². The Morgan fingerprint density at radius 2 is 1.94 bits per heavy atom. The summed E-state index contributed by atoms with van der Waals surface area (Å²) in [6.45, 7) is 2.24. The van der Waals surface area contributed by atoms with Gasteiger partial charge in [0.1, 0.15) is 11.5 Å². The third-order valence-corrected chi connectivity index (χ3v) is 4.35. The van der Waals surface area contributed by atoms with E-state index in [0.717, 1.165) is 24.6 Å². The van der Waals surface area contributed by atoms with Crippen LogP contribution in [0, 0.1) is 0 Å². The smallest absolute Gasteiger partial charge is 0.136 e. The Morgan fingerprint density at radius 1 is 1.18 bits per heavy atom. The van der Waals surface area contributed by atoms with E-state index < -0.39 is 0 Å². The number of piperidine rings is 1. The van der Waals surface area contributed by atoms with Crippen molar-refractivity contribution < 1.29 is 9.47 Å². The highest BCUT2D eigenvalue weighted by Gasteiger charge is 2.16. The molecule has 3 nitrogen and oxygen atoms in total. The van der Waals surface area contributed by atoms with E-state index >= 15 is 0 Å². The summed E-state index contributed by atoms with van der Waals surface area (Å²) in [7, 11) is 3.38. The van der Waals surface area contributed by atoms with E-state index in [0.29, 0.717) is 5.25 Å². The Hall–Kier alpha value is -0.870. The van der Waals surface area contributed by atoms with E-state index in [1.165, 1.54) is 17.7 Å². The van der Waals surface area contributed by atoms with Gasteiger partial charge >= 0.3 is 0 Å². The van der Waals surface area contributed by atoms with Crippen molar-refractivity contribution in [3.8, 4) is 11.5 Å². The standard InChI is InChI=1S/C13H19NO2S/c1-15-10-3-4-13(12(9-10)16-2)17-11-5-7-14-8-6-11/h3-4,9,11,14H,5-8H2,1-2H3. The lowest BCUT2D eigenvalue weighted by Gasteiger charge is -2.22. The molecule has 1 heterocycles. The van der Waals surface area contributed by atoms with Gasteiger partial charge in [0.05, 0.1) is 14.2 Å². The number of nitrogens with one attached hydrogen (secondary N) is 1. The van der Waals surface area contributed by atoms with E-state index in [1.807, 2.05) is 23.9 Å². The van der Waals surface area contributed by atoms with Crippen LogP contribution in [0.15, 0.2) is 23.1 Å². The quantitative estimate of drug-likeness (QED) is 0.893. The van der Waals surface area contributed by atoms with Gasteiger partial charge in [-0.05, 0) is 38.1 Å². The van der Waals surface area contributed by atoms with Crippen molar-refractivity contribution in [3.63, 3.8) is 0 Å². The normalized spacial score (nSPS) is 16.8. The number of hydrogen-bond donors (Lipinski definition) is 1. The highest BCUT2D eigenvalue weighted by molar-refractivity contribution is 8.00. The first-order valence-electron chi connectivity index (χ1n) is 5.93. The minimum Gasteiger partial charge on any atom is -0.497 e. The summed E-state index contributed by atoms with van der Waals surface area (Å²) in [6.07, 6.45) is 2.44. The summed E-state index contributed by atoms with van der Waals surface area (Å²) in [5.41, 5.74) is 0. The monoisotopic (exact) mass is 253 g/mol. The van der Waals surface area contributed by atoms with Gasteiger partial charge in [0.15, 0.2) is 0 Å². The van der Waals surface area contributed by atoms with Crippen LogP contribution >= 0.6 is 11.8 Å². The van der Waals surface area contributed by atoms with Crippen LogP contribution in [0.4, 0.5) is 0 Å². The average Bonchev–Trinajstić information content (AvgIpc) is 2.40. The first-order chi connectivity index (χ1) is 8.33. The van der Waals surface area contributed by atoms with E-state index in [2.05, 4.69) is 11.4 Å². The molecule has 0 atom stereocenters. The summed E-state index contributed by atoms with van der Waals surface area (Å²) >= 11 is 1.91. The lowest BCUT2D eigenvalue weighted by atomic mass is 10.2. The largest absolute Gasteiger partial charge is 0.497 e. The van der Waals surface area contributed by atoms with E-state index in [1.54, 1.807) is 14.2 Å². The van der Waals surface area contributed by atoms with E-state index in [-0.39, 0.29) is 0 Å². The topological polar surface area (TPSA) is 30.5 Å². The Morgan fingerprint density at radius 3 is 2.59 bits per heavy atom. The van der Waals surface area contributed by atoms with Crippen LogP contribution in [-0.2, 0) is 0 Å².